The van der Waals surface area contributed by atoms with Crippen molar-refractivity contribution in [3.05, 3.63) is 83.9 Å². The lowest BCUT2D eigenvalue weighted by atomic mass is 10.1. The number of anilines is 2. The molecule has 3 aromatic carbocycles. The summed E-state index contributed by atoms with van der Waals surface area (Å²) in [6.07, 6.45) is 1.90. The third kappa shape index (κ3) is 5.92. The number of nitrogens with zero attached hydrogens (tertiary/aromatic N) is 1. The van der Waals surface area contributed by atoms with Gasteiger partial charge in [0.1, 0.15) is 11.5 Å². The summed E-state index contributed by atoms with van der Waals surface area (Å²) < 4.78 is 11.5. The van der Waals surface area contributed by atoms with Gasteiger partial charge in [0.15, 0.2) is 6.61 Å². The molecule has 0 spiro atoms. The van der Waals surface area contributed by atoms with E-state index in [-0.39, 0.29) is 24.8 Å². The van der Waals surface area contributed by atoms with E-state index >= 15 is 0 Å². The lowest BCUT2D eigenvalue weighted by molar-refractivity contribution is -0.121. The van der Waals surface area contributed by atoms with Gasteiger partial charge in [-0.1, -0.05) is 48.5 Å². The van der Waals surface area contributed by atoms with Gasteiger partial charge in [-0.3, -0.25) is 9.59 Å². The molecule has 0 saturated carbocycles. The van der Waals surface area contributed by atoms with E-state index in [1.54, 1.807) is 23.1 Å². The van der Waals surface area contributed by atoms with E-state index in [4.69, 9.17) is 9.47 Å². The Balaban J connectivity index is 1.34. The highest BCUT2D eigenvalue weighted by Gasteiger charge is 2.25. The average Bonchev–Trinajstić information content (AvgIpc) is 2.82. The molecule has 2 amide bonds. The highest BCUT2D eigenvalue weighted by Crippen LogP contribution is 2.35. The van der Waals surface area contributed by atoms with E-state index in [9.17, 15) is 9.59 Å². The molecule has 170 valence electrons. The second kappa shape index (κ2) is 10.7. The molecule has 0 atom stereocenters. The molecular weight excluding hydrogens is 416 g/mol. The number of fused-ring (bicyclic) bond motifs is 1. The van der Waals surface area contributed by atoms with Gasteiger partial charge < -0.3 is 19.7 Å². The summed E-state index contributed by atoms with van der Waals surface area (Å²) in [5, 5.41) is 2.92. The van der Waals surface area contributed by atoms with Gasteiger partial charge in [0.25, 0.3) is 5.91 Å². The molecule has 6 nitrogen and oxygen atoms in total. The predicted molar refractivity (Wildman–Crippen MR) is 129 cm³/mol. The Morgan fingerprint density at radius 3 is 2.64 bits per heavy atom. The maximum absolute atomic E-state index is 12.5. The van der Waals surface area contributed by atoms with E-state index in [0.717, 1.165) is 29.7 Å². The topological polar surface area (TPSA) is 67.9 Å². The summed E-state index contributed by atoms with van der Waals surface area (Å²) in [4.78, 5) is 26.7. The number of nitrogens with one attached hydrogen (secondary N) is 1. The molecule has 4 rings (SSSR count). The fraction of sp³-hybridized carbons (Fsp3) is 0.259. The fourth-order valence-electron chi connectivity index (χ4n) is 3.78. The van der Waals surface area contributed by atoms with Crippen LogP contribution in [0.2, 0.25) is 0 Å². The summed E-state index contributed by atoms with van der Waals surface area (Å²) in [6, 6.07) is 22.9. The number of aryl methyl sites for hydroxylation is 1. The van der Waals surface area contributed by atoms with Crippen molar-refractivity contribution in [3.63, 3.8) is 0 Å². The first-order valence-electron chi connectivity index (χ1n) is 11.2. The van der Waals surface area contributed by atoms with Gasteiger partial charge >= 0.3 is 0 Å². The Labute approximate surface area is 194 Å². The Kier molecular flexibility index (Phi) is 7.25. The van der Waals surface area contributed by atoms with Crippen molar-refractivity contribution in [1.29, 1.82) is 0 Å². The molecule has 1 N–H and O–H groups in total. The summed E-state index contributed by atoms with van der Waals surface area (Å²) in [5.41, 5.74) is 3.38. The Morgan fingerprint density at radius 1 is 1.03 bits per heavy atom. The SMILES string of the molecule is Cc1ccccc1OCCCCN1C(=O)COc2ccc(NC(=O)Cc3ccccc3)cc21. The minimum absolute atomic E-state index is 0.0203. The zero-order valence-electron chi connectivity index (χ0n) is 18.8. The van der Waals surface area contributed by atoms with Crippen molar-refractivity contribution < 1.29 is 19.1 Å². The number of benzene rings is 3. The molecule has 33 heavy (non-hydrogen) atoms. The van der Waals surface area contributed by atoms with Crippen molar-refractivity contribution >= 4 is 23.2 Å². The van der Waals surface area contributed by atoms with Gasteiger partial charge in [0, 0.05) is 12.2 Å². The number of carbonyl (C=O) groups excluding carboxylic acids is 2. The molecule has 1 aliphatic heterocycles. The molecule has 0 fully saturated rings. The van der Waals surface area contributed by atoms with Crippen LogP contribution in [0.15, 0.2) is 72.8 Å². The van der Waals surface area contributed by atoms with Crippen molar-refractivity contribution in [3.8, 4) is 11.5 Å². The van der Waals surface area contributed by atoms with Crippen molar-refractivity contribution in [2.24, 2.45) is 0 Å². The van der Waals surface area contributed by atoms with Gasteiger partial charge in [0.05, 0.1) is 18.7 Å². The number of amides is 2. The molecule has 1 aliphatic rings. The van der Waals surface area contributed by atoms with Crippen molar-refractivity contribution in [2.45, 2.75) is 26.2 Å². The van der Waals surface area contributed by atoms with E-state index in [1.165, 1.54) is 0 Å². The van der Waals surface area contributed by atoms with Crippen molar-refractivity contribution in [1.82, 2.24) is 0 Å². The number of carbonyl (C=O) groups is 2. The van der Waals surface area contributed by atoms with Crippen LogP contribution in [0.4, 0.5) is 11.4 Å². The third-order valence-electron chi connectivity index (χ3n) is 5.52. The largest absolute Gasteiger partial charge is 0.493 e. The van der Waals surface area contributed by atoms with Crippen LogP contribution in [0.5, 0.6) is 11.5 Å². The fourth-order valence-corrected chi connectivity index (χ4v) is 3.78. The van der Waals surface area contributed by atoms with Crippen molar-refractivity contribution in [2.75, 3.05) is 30.0 Å². The molecule has 3 aromatic rings. The minimum Gasteiger partial charge on any atom is -0.493 e. The summed E-state index contributed by atoms with van der Waals surface area (Å²) in [6.45, 7) is 3.20. The summed E-state index contributed by atoms with van der Waals surface area (Å²) in [7, 11) is 0. The number of para-hydroxylation sites is 1. The third-order valence-corrected chi connectivity index (χ3v) is 5.52. The molecule has 0 aliphatic carbocycles. The molecular formula is C27H28N2O4. The normalized spacial score (nSPS) is 12.6. The first kappa shape index (κ1) is 22.4. The molecule has 0 radical (unpaired) electrons. The molecule has 0 unspecified atom stereocenters. The van der Waals surface area contributed by atoms with Crippen LogP contribution >= 0.6 is 0 Å². The maximum Gasteiger partial charge on any atom is 0.265 e. The zero-order valence-corrected chi connectivity index (χ0v) is 18.8. The van der Waals surface area contributed by atoms with Crippen LogP contribution in [0, 0.1) is 6.92 Å². The number of hydrogen-bond donors (Lipinski definition) is 1. The summed E-state index contributed by atoms with van der Waals surface area (Å²) >= 11 is 0. The molecule has 1 heterocycles. The van der Waals surface area contributed by atoms with E-state index in [2.05, 4.69) is 5.32 Å². The number of unbranched alkanes of at least 4 members (excludes halogenated alkanes) is 1. The van der Waals surface area contributed by atoms with Crippen LogP contribution in [-0.2, 0) is 16.0 Å². The molecule has 0 aromatic heterocycles. The smallest absolute Gasteiger partial charge is 0.265 e. The number of ether oxygens (including phenoxy) is 2. The highest BCUT2D eigenvalue weighted by atomic mass is 16.5. The van der Waals surface area contributed by atoms with Crippen LogP contribution in [-0.4, -0.2) is 31.6 Å². The Bertz CT molecular complexity index is 1110. The molecule has 6 heteroatoms. The van der Waals surface area contributed by atoms with E-state index < -0.39 is 0 Å². The monoisotopic (exact) mass is 444 g/mol. The minimum atomic E-state index is -0.107. The van der Waals surface area contributed by atoms with Crippen LogP contribution in [0.25, 0.3) is 0 Å². The lowest BCUT2D eigenvalue weighted by Crippen LogP contribution is -2.39. The Morgan fingerprint density at radius 2 is 1.82 bits per heavy atom. The van der Waals surface area contributed by atoms with Gasteiger partial charge in [-0.2, -0.15) is 0 Å². The van der Waals surface area contributed by atoms with Gasteiger partial charge in [-0.15, -0.1) is 0 Å². The van der Waals surface area contributed by atoms with Gasteiger partial charge in [-0.25, -0.2) is 0 Å². The number of rotatable bonds is 9. The molecule has 0 saturated heterocycles. The highest BCUT2D eigenvalue weighted by molar-refractivity contribution is 5.99. The first-order valence-corrected chi connectivity index (χ1v) is 11.2. The van der Waals surface area contributed by atoms with Gasteiger partial charge in [-0.05, 0) is 55.2 Å². The number of hydrogen-bond acceptors (Lipinski definition) is 4. The maximum atomic E-state index is 12.5. The van der Waals surface area contributed by atoms with Crippen LogP contribution < -0.4 is 19.7 Å². The molecule has 0 bridgehead atoms. The quantitative estimate of drug-likeness (QED) is 0.483. The lowest BCUT2D eigenvalue weighted by Gasteiger charge is -2.30. The van der Waals surface area contributed by atoms with E-state index in [1.807, 2.05) is 61.5 Å². The average molecular weight is 445 g/mol. The summed E-state index contributed by atoms with van der Waals surface area (Å²) in [5.74, 6) is 1.34. The van der Waals surface area contributed by atoms with E-state index in [0.29, 0.717) is 30.3 Å². The first-order chi connectivity index (χ1) is 16.1. The zero-order chi connectivity index (χ0) is 23.0. The van der Waals surface area contributed by atoms with Crippen LogP contribution in [0.3, 0.4) is 0 Å². The second-order valence-electron chi connectivity index (χ2n) is 8.05. The predicted octanol–water partition coefficient (Wildman–Crippen LogP) is 4.76. The standard InChI is InChI=1S/C27H28N2O4/c1-20-9-5-6-12-24(20)32-16-8-7-15-29-23-18-22(13-14-25(23)33-19-27(29)31)28-26(30)17-21-10-3-2-4-11-21/h2-6,9-14,18H,7-8,15-17,19H2,1H3,(H,28,30). The van der Waals surface area contributed by atoms with Gasteiger partial charge in [0.2, 0.25) is 5.91 Å². The second-order valence-corrected chi connectivity index (χ2v) is 8.05. The Hall–Kier alpha value is -3.80. The van der Waals surface area contributed by atoms with Crippen LogP contribution in [0.1, 0.15) is 24.0 Å².